The number of hydrogen-bond donors (Lipinski definition) is 2. The van der Waals surface area contributed by atoms with Gasteiger partial charge in [0.2, 0.25) is 11.8 Å². The van der Waals surface area contributed by atoms with Crippen molar-refractivity contribution in [2.24, 2.45) is 5.92 Å². The van der Waals surface area contributed by atoms with Gasteiger partial charge in [0.25, 0.3) is 0 Å². The number of hydrogen-bond acceptors (Lipinski definition) is 4. The maximum atomic E-state index is 13.1. The van der Waals surface area contributed by atoms with E-state index in [0.29, 0.717) is 5.13 Å². The van der Waals surface area contributed by atoms with Crippen molar-refractivity contribution < 1.29 is 14.0 Å². The molecular weight excluding hydrogens is 353 g/mol. The molecule has 3 rings (SSSR count). The summed E-state index contributed by atoms with van der Waals surface area (Å²) in [7, 11) is 0. The van der Waals surface area contributed by atoms with Crippen LogP contribution in [0.15, 0.2) is 24.3 Å². The van der Waals surface area contributed by atoms with Gasteiger partial charge in [0.15, 0.2) is 5.13 Å². The van der Waals surface area contributed by atoms with Gasteiger partial charge in [-0.2, -0.15) is 0 Å². The molecular formula is C19H22FN3O2S. The van der Waals surface area contributed by atoms with Crippen LogP contribution in [0.2, 0.25) is 0 Å². The lowest BCUT2D eigenvalue weighted by Gasteiger charge is -2.22. The summed E-state index contributed by atoms with van der Waals surface area (Å²) in [6, 6.07) is 5.58. The lowest BCUT2D eigenvalue weighted by atomic mass is 9.97. The van der Waals surface area contributed by atoms with Crippen molar-refractivity contribution in [2.75, 3.05) is 5.32 Å². The maximum absolute atomic E-state index is 13.1. The molecule has 2 aromatic rings. The number of nitrogens with one attached hydrogen (secondary N) is 2. The molecule has 1 aromatic carbocycles. The first-order chi connectivity index (χ1) is 12.4. The van der Waals surface area contributed by atoms with Gasteiger partial charge in [-0.1, -0.05) is 12.8 Å². The van der Waals surface area contributed by atoms with Crippen LogP contribution in [0.4, 0.5) is 9.52 Å². The largest absolute Gasteiger partial charge is 0.344 e. The van der Waals surface area contributed by atoms with Gasteiger partial charge in [-0.15, -0.1) is 11.3 Å². The van der Waals surface area contributed by atoms with Crippen LogP contribution in [0.25, 0.3) is 11.3 Å². The van der Waals surface area contributed by atoms with E-state index < -0.39 is 6.04 Å². The van der Waals surface area contributed by atoms with E-state index in [1.165, 1.54) is 30.4 Å². The van der Waals surface area contributed by atoms with Gasteiger partial charge >= 0.3 is 0 Å². The summed E-state index contributed by atoms with van der Waals surface area (Å²) in [4.78, 5) is 29.7. The van der Waals surface area contributed by atoms with Crippen LogP contribution >= 0.6 is 11.3 Å². The Hall–Kier alpha value is -2.28. The van der Waals surface area contributed by atoms with Crippen LogP contribution < -0.4 is 10.6 Å². The van der Waals surface area contributed by atoms with Crippen molar-refractivity contribution in [1.29, 1.82) is 0 Å². The minimum atomic E-state index is -0.534. The molecule has 0 aliphatic heterocycles. The van der Waals surface area contributed by atoms with Gasteiger partial charge < -0.3 is 10.6 Å². The highest BCUT2D eigenvalue weighted by Gasteiger charge is 2.31. The van der Waals surface area contributed by atoms with Crippen molar-refractivity contribution in [3.05, 3.63) is 35.0 Å². The highest BCUT2D eigenvalue weighted by molar-refractivity contribution is 7.16. The lowest BCUT2D eigenvalue weighted by molar-refractivity contribution is -0.126. The fourth-order valence-corrected chi connectivity index (χ4v) is 4.25. The Morgan fingerprint density at radius 2 is 1.88 bits per heavy atom. The zero-order chi connectivity index (χ0) is 18.7. The Labute approximate surface area is 156 Å². The third-order valence-electron chi connectivity index (χ3n) is 4.66. The highest BCUT2D eigenvalue weighted by Crippen LogP contribution is 2.32. The molecule has 1 aliphatic rings. The topological polar surface area (TPSA) is 71.1 Å². The van der Waals surface area contributed by atoms with Crippen molar-refractivity contribution in [1.82, 2.24) is 10.3 Å². The molecule has 7 heteroatoms. The second kappa shape index (κ2) is 7.95. The van der Waals surface area contributed by atoms with Crippen LogP contribution in [0.3, 0.4) is 0 Å². The molecule has 26 heavy (non-hydrogen) atoms. The van der Waals surface area contributed by atoms with E-state index in [-0.39, 0.29) is 23.5 Å². The number of benzene rings is 1. The fraction of sp³-hybridized carbons (Fsp3) is 0.421. The average molecular weight is 375 g/mol. The Morgan fingerprint density at radius 1 is 1.23 bits per heavy atom. The number of amides is 2. The van der Waals surface area contributed by atoms with Crippen LogP contribution in [0.1, 0.15) is 37.5 Å². The first-order valence-corrected chi connectivity index (χ1v) is 9.57. The third-order valence-corrected chi connectivity index (χ3v) is 5.54. The number of aryl methyl sites for hydroxylation is 1. The quantitative estimate of drug-likeness (QED) is 0.833. The molecule has 1 fully saturated rings. The van der Waals surface area contributed by atoms with E-state index in [1.54, 1.807) is 12.1 Å². The number of nitrogens with zero attached hydrogens (tertiary/aromatic N) is 1. The highest BCUT2D eigenvalue weighted by atomic mass is 32.1. The van der Waals surface area contributed by atoms with Crippen molar-refractivity contribution in [3.8, 4) is 11.3 Å². The van der Waals surface area contributed by atoms with E-state index in [9.17, 15) is 14.0 Å². The van der Waals surface area contributed by atoms with E-state index in [2.05, 4.69) is 15.6 Å². The fourth-order valence-electron chi connectivity index (χ4n) is 3.42. The average Bonchev–Trinajstić information content (AvgIpc) is 3.23. The van der Waals surface area contributed by atoms with Crippen molar-refractivity contribution in [2.45, 2.75) is 45.6 Å². The van der Waals surface area contributed by atoms with Crippen LogP contribution in [-0.4, -0.2) is 22.8 Å². The number of carbonyl (C=O) groups is 2. The predicted molar refractivity (Wildman–Crippen MR) is 100 cm³/mol. The first kappa shape index (κ1) is 18.5. The van der Waals surface area contributed by atoms with Gasteiger partial charge in [-0.3, -0.25) is 9.59 Å². The van der Waals surface area contributed by atoms with Gasteiger partial charge in [-0.05, 0) is 49.9 Å². The lowest BCUT2D eigenvalue weighted by Crippen LogP contribution is -2.47. The molecule has 2 N–H and O–H groups in total. The van der Waals surface area contributed by atoms with Gasteiger partial charge in [0.05, 0.1) is 5.69 Å². The van der Waals surface area contributed by atoms with Gasteiger partial charge in [0, 0.05) is 17.4 Å². The summed E-state index contributed by atoms with van der Waals surface area (Å²) >= 11 is 1.37. The second-order valence-corrected chi connectivity index (χ2v) is 7.85. The minimum Gasteiger partial charge on any atom is -0.344 e. The SMILES string of the molecule is CC(=O)NC(C(=O)Nc1nc(-c2ccc(F)cc2)c(C)s1)C1CCCC1. The minimum absolute atomic E-state index is 0.163. The number of halogens is 1. The molecule has 1 atom stereocenters. The maximum Gasteiger partial charge on any atom is 0.249 e. The molecule has 0 spiro atoms. The van der Waals surface area contributed by atoms with Gasteiger partial charge in [0.1, 0.15) is 11.9 Å². The number of aromatic nitrogens is 1. The summed E-state index contributed by atoms with van der Waals surface area (Å²) in [5.74, 6) is -0.577. The van der Waals surface area contributed by atoms with Crippen LogP contribution in [0, 0.1) is 18.7 Å². The van der Waals surface area contributed by atoms with E-state index in [1.807, 2.05) is 6.92 Å². The molecule has 1 saturated carbocycles. The van der Waals surface area contributed by atoms with Gasteiger partial charge in [-0.25, -0.2) is 9.37 Å². The van der Waals surface area contributed by atoms with Crippen molar-refractivity contribution >= 4 is 28.3 Å². The van der Waals surface area contributed by atoms with Crippen LogP contribution in [-0.2, 0) is 9.59 Å². The smallest absolute Gasteiger partial charge is 0.249 e. The molecule has 5 nitrogen and oxygen atoms in total. The number of carbonyl (C=O) groups excluding carboxylic acids is 2. The summed E-state index contributed by atoms with van der Waals surface area (Å²) < 4.78 is 13.1. The summed E-state index contributed by atoms with van der Waals surface area (Å²) in [6.45, 7) is 3.34. The summed E-state index contributed by atoms with van der Waals surface area (Å²) in [5, 5.41) is 6.12. The normalized spacial score (nSPS) is 15.7. The monoisotopic (exact) mass is 375 g/mol. The molecule has 2 amide bonds. The zero-order valence-corrected chi connectivity index (χ0v) is 15.7. The molecule has 0 bridgehead atoms. The first-order valence-electron chi connectivity index (χ1n) is 8.75. The molecule has 1 aliphatic carbocycles. The van der Waals surface area contributed by atoms with E-state index >= 15 is 0 Å². The Morgan fingerprint density at radius 3 is 2.50 bits per heavy atom. The number of thiazole rings is 1. The Kier molecular flexibility index (Phi) is 5.66. The van der Waals surface area contributed by atoms with E-state index in [4.69, 9.17) is 0 Å². The Balaban J connectivity index is 1.76. The number of anilines is 1. The van der Waals surface area contributed by atoms with Crippen LogP contribution in [0.5, 0.6) is 0 Å². The summed E-state index contributed by atoms with van der Waals surface area (Å²) in [5.41, 5.74) is 1.53. The molecule has 1 heterocycles. The molecule has 0 saturated heterocycles. The number of rotatable bonds is 5. The zero-order valence-electron chi connectivity index (χ0n) is 14.8. The predicted octanol–water partition coefficient (Wildman–Crippen LogP) is 3.89. The molecule has 1 unspecified atom stereocenters. The second-order valence-electron chi connectivity index (χ2n) is 6.64. The standard InChI is InChI=1S/C19H22FN3O2S/c1-11-16(14-7-9-15(20)10-8-14)22-19(26-11)23-18(25)17(21-12(2)24)13-5-3-4-6-13/h7-10,13,17H,3-6H2,1-2H3,(H,21,24)(H,22,23,25). The van der Waals surface area contributed by atoms with E-state index in [0.717, 1.165) is 41.8 Å². The summed E-state index contributed by atoms with van der Waals surface area (Å²) in [6.07, 6.45) is 4.05. The van der Waals surface area contributed by atoms with Crippen molar-refractivity contribution in [3.63, 3.8) is 0 Å². The third kappa shape index (κ3) is 4.27. The molecule has 0 radical (unpaired) electrons. The Bertz CT molecular complexity index is 798. The molecule has 138 valence electrons. The molecule has 1 aromatic heterocycles.